The topological polar surface area (TPSA) is 63.1 Å². The van der Waals surface area contributed by atoms with E-state index in [4.69, 9.17) is 0 Å². The van der Waals surface area contributed by atoms with Crippen molar-refractivity contribution >= 4 is 17.7 Å². The summed E-state index contributed by atoms with van der Waals surface area (Å²) in [7, 11) is 0. The summed E-state index contributed by atoms with van der Waals surface area (Å²) in [6, 6.07) is 9.77. The third kappa shape index (κ3) is 3.96. The molecule has 1 aromatic carbocycles. The van der Waals surface area contributed by atoms with E-state index in [0.717, 1.165) is 42.5 Å². The van der Waals surface area contributed by atoms with Crippen molar-refractivity contribution in [1.29, 1.82) is 0 Å². The minimum Gasteiger partial charge on any atom is -0.347 e. The maximum absolute atomic E-state index is 12.9. The minimum atomic E-state index is -0.245. The predicted molar refractivity (Wildman–Crippen MR) is 95.6 cm³/mol. The van der Waals surface area contributed by atoms with E-state index >= 15 is 0 Å². The zero-order chi connectivity index (χ0) is 16.8. The van der Waals surface area contributed by atoms with Crippen LogP contribution in [0.15, 0.2) is 36.7 Å². The number of benzene rings is 1. The Hall–Kier alpha value is -1.86. The first-order chi connectivity index (χ1) is 11.8. The number of nitrogens with one attached hydrogen (secondary N) is 1. The molecule has 0 saturated carbocycles. The zero-order valence-corrected chi connectivity index (χ0v) is 14.7. The highest BCUT2D eigenvalue weighted by molar-refractivity contribution is 7.99. The molecule has 1 saturated heterocycles. The second-order valence-corrected chi connectivity index (χ2v) is 6.94. The molecule has 0 radical (unpaired) electrons. The monoisotopic (exact) mass is 345 g/mol. The average molecular weight is 345 g/mol. The van der Waals surface area contributed by atoms with Gasteiger partial charge in [-0.05, 0) is 12.5 Å². The van der Waals surface area contributed by atoms with Gasteiger partial charge in [-0.3, -0.25) is 9.69 Å². The summed E-state index contributed by atoms with van der Waals surface area (Å²) in [6.45, 7) is 5.10. The van der Waals surface area contributed by atoms with Gasteiger partial charge in [0.25, 0.3) is 0 Å². The molecule has 1 N–H and O–H groups in total. The highest BCUT2D eigenvalue weighted by Crippen LogP contribution is 2.24. The van der Waals surface area contributed by atoms with Crippen LogP contribution in [-0.2, 0) is 17.9 Å². The molecule has 1 aliphatic rings. The Balaban J connectivity index is 1.73. The van der Waals surface area contributed by atoms with E-state index < -0.39 is 0 Å². The SMILES string of the molecule is CCn1cnnc1CNC(=O)[C@@H](c1ccccc1)N1CCSCC1. The molecule has 0 aliphatic carbocycles. The first-order valence-corrected chi connectivity index (χ1v) is 9.46. The van der Waals surface area contributed by atoms with E-state index in [-0.39, 0.29) is 11.9 Å². The van der Waals surface area contributed by atoms with E-state index in [1.807, 2.05) is 53.6 Å². The highest BCUT2D eigenvalue weighted by Gasteiger charge is 2.28. The maximum atomic E-state index is 12.9. The number of nitrogens with zero attached hydrogens (tertiary/aromatic N) is 4. The maximum Gasteiger partial charge on any atom is 0.242 e. The van der Waals surface area contributed by atoms with Crippen molar-refractivity contribution in [2.24, 2.45) is 0 Å². The molecule has 1 fully saturated rings. The summed E-state index contributed by atoms with van der Waals surface area (Å²) >= 11 is 1.94. The molecule has 1 aromatic heterocycles. The smallest absolute Gasteiger partial charge is 0.242 e. The van der Waals surface area contributed by atoms with Crippen LogP contribution in [0.25, 0.3) is 0 Å². The number of hydrogen-bond donors (Lipinski definition) is 1. The van der Waals surface area contributed by atoms with Crippen LogP contribution < -0.4 is 5.32 Å². The van der Waals surface area contributed by atoms with Gasteiger partial charge in [0.15, 0.2) is 5.82 Å². The van der Waals surface area contributed by atoms with Gasteiger partial charge in [0.2, 0.25) is 5.91 Å². The highest BCUT2D eigenvalue weighted by atomic mass is 32.2. The lowest BCUT2D eigenvalue weighted by Gasteiger charge is -2.33. The van der Waals surface area contributed by atoms with Gasteiger partial charge in [0, 0.05) is 31.1 Å². The summed E-state index contributed by atoms with van der Waals surface area (Å²) in [5.74, 6) is 2.95. The van der Waals surface area contributed by atoms with Crippen LogP contribution in [0.1, 0.15) is 24.4 Å². The molecule has 3 rings (SSSR count). The van der Waals surface area contributed by atoms with E-state index in [1.54, 1.807) is 6.33 Å². The number of thioether (sulfide) groups is 1. The number of carbonyl (C=O) groups is 1. The van der Waals surface area contributed by atoms with Gasteiger partial charge in [-0.25, -0.2) is 0 Å². The van der Waals surface area contributed by atoms with Crippen molar-refractivity contribution in [3.05, 3.63) is 48.0 Å². The Morgan fingerprint density at radius 2 is 2.04 bits per heavy atom. The fourth-order valence-electron chi connectivity index (χ4n) is 2.94. The molecule has 2 heterocycles. The average Bonchev–Trinajstić information content (AvgIpc) is 3.09. The zero-order valence-electron chi connectivity index (χ0n) is 13.9. The Morgan fingerprint density at radius 3 is 2.75 bits per heavy atom. The first-order valence-electron chi connectivity index (χ1n) is 8.30. The van der Waals surface area contributed by atoms with Gasteiger partial charge in [-0.2, -0.15) is 11.8 Å². The molecule has 7 heteroatoms. The van der Waals surface area contributed by atoms with Crippen LogP contribution in [0, 0.1) is 0 Å². The van der Waals surface area contributed by atoms with Gasteiger partial charge in [0.05, 0.1) is 6.54 Å². The third-order valence-corrected chi connectivity index (χ3v) is 5.17. The molecule has 1 aliphatic heterocycles. The largest absolute Gasteiger partial charge is 0.347 e. The molecule has 1 atom stereocenters. The first kappa shape index (κ1) is 17.0. The van der Waals surface area contributed by atoms with Crippen molar-refractivity contribution in [2.45, 2.75) is 26.1 Å². The van der Waals surface area contributed by atoms with Gasteiger partial charge >= 0.3 is 0 Å². The molecule has 2 aromatic rings. The molecule has 0 bridgehead atoms. The van der Waals surface area contributed by atoms with E-state index in [0.29, 0.717) is 6.54 Å². The molecular formula is C17H23N5OS. The lowest BCUT2D eigenvalue weighted by atomic mass is 10.0. The van der Waals surface area contributed by atoms with Crippen molar-refractivity contribution in [1.82, 2.24) is 25.0 Å². The Labute approximate surface area is 146 Å². The second-order valence-electron chi connectivity index (χ2n) is 5.71. The molecule has 6 nitrogen and oxygen atoms in total. The number of rotatable bonds is 6. The lowest BCUT2D eigenvalue weighted by Crippen LogP contribution is -2.44. The van der Waals surface area contributed by atoms with Crippen molar-refractivity contribution in [2.75, 3.05) is 24.6 Å². The normalized spacial score (nSPS) is 16.7. The molecule has 0 unspecified atom stereocenters. The van der Waals surface area contributed by atoms with Crippen LogP contribution in [0.3, 0.4) is 0 Å². The molecule has 24 heavy (non-hydrogen) atoms. The van der Waals surface area contributed by atoms with Crippen molar-refractivity contribution in [3.63, 3.8) is 0 Å². The van der Waals surface area contributed by atoms with Gasteiger partial charge < -0.3 is 9.88 Å². The molecule has 0 spiro atoms. The number of carbonyl (C=O) groups excluding carboxylic acids is 1. The fraction of sp³-hybridized carbons (Fsp3) is 0.471. The Morgan fingerprint density at radius 1 is 1.29 bits per heavy atom. The number of aryl methyl sites for hydroxylation is 1. The number of hydrogen-bond acceptors (Lipinski definition) is 5. The minimum absolute atomic E-state index is 0.0266. The van der Waals surface area contributed by atoms with E-state index in [9.17, 15) is 4.79 Å². The standard InChI is InChI=1S/C17H23N5OS/c1-2-21-13-19-20-15(21)12-18-17(23)16(14-6-4-3-5-7-14)22-8-10-24-11-9-22/h3-7,13,16H,2,8-12H2,1H3,(H,18,23)/t16-/m1/s1. The van der Waals surface area contributed by atoms with Crippen LogP contribution >= 0.6 is 11.8 Å². The molecule has 1 amide bonds. The Kier molecular flexibility index (Phi) is 5.87. The Bertz CT molecular complexity index is 654. The van der Waals surface area contributed by atoms with Gasteiger partial charge in [-0.1, -0.05) is 30.3 Å². The van der Waals surface area contributed by atoms with Crippen LogP contribution in [-0.4, -0.2) is 50.2 Å². The lowest BCUT2D eigenvalue weighted by molar-refractivity contribution is -0.126. The van der Waals surface area contributed by atoms with Crippen LogP contribution in [0.5, 0.6) is 0 Å². The van der Waals surface area contributed by atoms with E-state index in [1.165, 1.54) is 0 Å². The quantitative estimate of drug-likeness (QED) is 0.863. The van der Waals surface area contributed by atoms with Gasteiger partial charge in [0.1, 0.15) is 12.4 Å². The predicted octanol–water partition coefficient (Wildman–Crippen LogP) is 1.70. The summed E-state index contributed by atoms with van der Waals surface area (Å²) in [5.41, 5.74) is 1.04. The van der Waals surface area contributed by atoms with Crippen LogP contribution in [0.4, 0.5) is 0 Å². The summed E-state index contributed by atoms with van der Waals surface area (Å²) in [6.07, 6.45) is 1.69. The summed E-state index contributed by atoms with van der Waals surface area (Å²) in [5, 5.41) is 11.0. The third-order valence-electron chi connectivity index (χ3n) is 4.23. The summed E-state index contributed by atoms with van der Waals surface area (Å²) in [4.78, 5) is 15.2. The van der Waals surface area contributed by atoms with Crippen molar-refractivity contribution < 1.29 is 4.79 Å². The fourth-order valence-corrected chi connectivity index (χ4v) is 3.87. The summed E-state index contributed by atoms with van der Waals surface area (Å²) < 4.78 is 1.94. The molecule has 128 valence electrons. The number of aromatic nitrogens is 3. The molecular weight excluding hydrogens is 322 g/mol. The van der Waals surface area contributed by atoms with Crippen LogP contribution in [0.2, 0.25) is 0 Å². The van der Waals surface area contributed by atoms with Crippen molar-refractivity contribution in [3.8, 4) is 0 Å². The second kappa shape index (κ2) is 8.30. The number of amides is 1. The van der Waals surface area contributed by atoms with E-state index in [2.05, 4.69) is 20.4 Å². The van der Waals surface area contributed by atoms with Gasteiger partial charge in [-0.15, -0.1) is 10.2 Å².